The van der Waals surface area contributed by atoms with Crippen molar-refractivity contribution in [2.45, 2.75) is 77.7 Å². The number of hydrogen-bond acceptors (Lipinski definition) is 4. The Morgan fingerprint density at radius 3 is 2.66 bits per heavy atom. The van der Waals surface area contributed by atoms with Crippen LogP contribution in [0.2, 0.25) is 0 Å². The third-order valence-electron chi connectivity index (χ3n) is 6.69. The third kappa shape index (κ3) is 6.06. The van der Waals surface area contributed by atoms with E-state index in [0.717, 1.165) is 66.4 Å². The SMILES string of the molecule is CCCc1cc(OC(=O)OCCCC[N+](C)(C)C)c2c(c1)OC(C)(C)C1CCC(C)=CC21. The maximum absolute atomic E-state index is 12.6. The van der Waals surface area contributed by atoms with E-state index < -0.39 is 6.16 Å². The number of rotatable bonds is 8. The van der Waals surface area contributed by atoms with E-state index in [1.165, 1.54) is 5.57 Å². The molecular formula is C27H42NO4+. The highest BCUT2D eigenvalue weighted by Gasteiger charge is 2.45. The van der Waals surface area contributed by atoms with Gasteiger partial charge in [0.2, 0.25) is 0 Å². The fourth-order valence-corrected chi connectivity index (χ4v) is 5.04. The van der Waals surface area contributed by atoms with Gasteiger partial charge < -0.3 is 18.7 Å². The van der Waals surface area contributed by atoms with Gasteiger partial charge in [-0.15, -0.1) is 0 Å². The van der Waals surface area contributed by atoms with Gasteiger partial charge in [-0.2, -0.15) is 0 Å². The van der Waals surface area contributed by atoms with Crippen LogP contribution in [0.25, 0.3) is 0 Å². The van der Waals surface area contributed by atoms with E-state index in [4.69, 9.17) is 14.2 Å². The van der Waals surface area contributed by atoms with Gasteiger partial charge in [0.15, 0.2) is 0 Å². The van der Waals surface area contributed by atoms with E-state index in [2.05, 4.69) is 61.0 Å². The Bertz CT molecular complexity index is 850. The highest BCUT2D eigenvalue weighted by atomic mass is 16.7. The molecule has 32 heavy (non-hydrogen) atoms. The van der Waals surface area contributed by atoms with Crippen molar-refractivity contribution in [1.29, 1.82) is 0 Å². The molecule has 0 bridgehead atoms. The molecule has 2 aliphatic rings. The average molecular weight is 445 g/mol. The molecule has 0 saturated carbocycles. The Kier molecular flexibility index (Phi) is 7.59. The Hall–Kier alpha value is -2.01. The lowest BCUT2D eigenvalue weighted by atomic mass is 9.68. The van der Waals surface area contributed by atoms with Gasteiger partial charge in [0.25, 0.3) is 0 Å². The monoisotopic (exact) mass is 444 g/mol. The quantitative estimate of drug-likeness (QED) is 0.156. The first kappa shape index (κ1) is 24.6. The van der Waals surface area contributed by atoms with Gasteiger partial charge in [-0.3, -0.25) is 0 Å². The van der Waals surface area contributed by atoms with Crippen molar-refractivity contribution in [2.24, 2.45) is 5.92 Å². The Morgan fingerprint density at radius 1 is 1.22 bits per heavy atom. The first-order valence-corrected chi connectivity index (χ1v) is 12.2. The Labute approximate surface area is 194 Å². The molecule has 1 aromatic carbocycles. The number of allylic oxidation sites excluding steroid dienone is 2. The second-order valence-electron chi connectivity index (χ2n) is 11.1. The molecule has 0 saturated heterocycles. The molecule has 0 radical (unpaired) electrons. The summed E-state index contributed by atoms with van der Waals surface area (Å²) in [6.07, 6.45) is 7.66. The minimum Gasteiger partial charge on any atom is -0.487 e. The van der Waals surface area contributed by atoms with Crippen molar-refractivity contribution < 1.29 is 23.5 Å². The normalized spacial score (nSPS) is 21.7. The Morgan fingerprint density at radius 2 is 1.97 bits per heavy atom. The van der Waals surface area contributed by atoms with Crippen molar-refractivity contribution in [1.82, 2.24) is 0 Å². The molecule has 2 atom stereocenters. The molecule has 0 amide bonds. The molecule has 0 aromatic heterocycles. The van der Waals surface area contributed by atoms with Crippen LogP contribution >= 0.6 is 0 Å². The van der Waals surface area contributed by atoms with Gasteiger partial charge >= 0.3 is 6.16 Å². The molecule has 5 heteroatoms. The summed E-state index contributed by atoms with van der Waals surface area (Å²) < 4.78 is 18.7. The van der Waals surface area contributed by atoms with Crippen LogP contribution in [0.3, 0.4) is 0 Å². The van der Waals surface area contributed by atoms with E-state index in [-0.39, 0.29) is 11.5 Å². The van der Waals surface area contributed by atoms with Crippen LogP contribution in [-0.4, -0.2) is 50.5 Å². The maximum Gasteiger partial charge on any atom is 0.513 e. The van der Waals surface area contributed by atoms with E-state index in [1.807, 2.05) is 6.07 Å². The summed E-state index contributed by atoms with van der Waals surface area (Å²) >= 11 is 0. The third-order valence-corrected chi connectivity index (χ3v) is 6.69. The van der Waals surface area contributed by atoms with Crippen LogP contribution in [0.15, 0.2) is 23.8 Å². The lowest BCUT2D eigenvalue weighted by molar-refractivity contribution is -0.870. The van der Waals surface area contributed by atoms with Crippen molar-refractivity contribution in [3.05, 3.63) is 34.9 Å². The molecule has 0 spiro atoms. The number of aryl methyl sites for hydroxylation is 1. The first-order valence-electron chi connectivity index (χ1n) is 12.2. The molecule has 2 unspecified atom stereocenters. The molecule has 1 aliphatic heterocycles. The van der Waals surface area contributed by atoms with Gasteiger partial charge in [0.1, 0.15) is 17.1 Å². The summed E-state index contributed by atoms with van der Waals surface area (Å²) in [5, 5.41) is 0. The van der Waals surface area contributed by atoms with Crippen molar-refractivity contribution in [3.63, 3.8) is 0 Å². The zero-order valence-corrected chi connectivity index (χ0v) is 21.1. The Balaban J connectivity index is 1.81. The molecule has 5 nitrogen and oxygen atoms in total. The molecule has 1 heterocycles. The molecule has 0 N–H and O–H groups in total. The summed E-state index contributed by atoms with van der Waals surface area (Å²) in [5.41, 5.74) is 3.25. The van der Waals surface area contributed by atoms with Gasteiger partial charge in [0.05, 0.1) is 34.3 Å². The van der Waals surface area contributed by atoms with E-state index in [9.17, 15) is 4.79 Å². The number of benzene rings is 1. The van der Waals surface area contributed by atoms with E-state index >= 15 is 0 Å². The maximum atomic E-state index is 12.6. The second kappa shape index (κ2) is 9.86. The fourth-order valence-electron chi connectivity index (χ4n) is 5.04. The predicted molar refractivity (Wildman–Crippen MR) is 128 cm³/mol. The topological polar surface area (TPSA) is 44.8 Å². The number of nitrogens with zero attached hydrogens (tertiary/aromatic N) is 1. The number of carbonyl (C=O) groups excluding carboxylic acids is 1. The molecule has 1 aromatic rings. The van der Waals surface area contributed by atoms with Crippen LogP contribution in [0.4, 0.5) is 4.79 Å². The number of unbranched alkanes of at least 4 members (excludes halogenated alkanes) is 1. The number of fused-ring (bicyclic) bond motifs is 3. The van der Waals surface area contributed by atoms with Crippen LogP contribution in [-0.2, 0) is 11.2 Å². The van der Waals surface area contributed by atoms with Crippen molar-refractivity contribution in [2.75, 3.05) is 34.3 Å². The highest BCUT2D eigenvalue weighted by Crippen LogP contribution is 2.53. The number of carbonyl (C=O) groups is 1. The molecule has 3 rings (SSSR count). The summed E-state index contributed by atoms with van der Waals surface area (Å²) in [6.45, 7) is 10.1. The zero-order valence-electron chi connectivity index (χ0n) is 21.1. The lowest BCUT2D eigenvalue weighted by Crippen LogP contribution is -2.45. The van der Waals surface area contributed by atoms with Crippen molar-refractivity contribution >= 4 is 6.16 Å². The van der Waals surface area contributed by atoms with Crippen LogP contribution in [0, 0.1) is 5.92 Å². The predicted octanol–water partition coefficient (Wildman–Crippen LogP) is 6.25. The van der Waals surface area contributed by atoms with Crippen LogP contribution in [0.1, 0.15) is 76.8 Å². The van der Waals surface area contributed by atoms with E-state index in [0.29, 0.717) is 18.3 Å². The molecule has 0 fully saturated rings. The lowest BCUT2D eigenvalue weighted by Gasteiger charge is -2.46. The summed E-state index contributed by atoms with van der Waals surface area (Å²) in [4.78, 5) is 12.6. The van der Waals surface area contributed by atoms with Crippen molar-refractivity contribution in [3.8, 4) is 11.5 Å². The largest absolute Gasteiger partial charge is 0.513 e. The zero-order chi connectivity index (χ0) is 23.5. The number of ether oxygens (including phenoxy) is 3. The van der Waals surface area contributed by atoms with E-state index in [1.54, 1.807) is 0 Å². The number of hydrogen-bond donors (Lipinski definition) is 0. The fraction of sp³-hybridized carbons (Fsp3) is 0.667. The van der Waals surface area contributed by atoms with Gasteiger partial charge in [0, 0.05) is 17.4 Å². The second-order valence-corrected chi connectivity index (χ2v) is 11.1. The van der Waals surface area contributed by atoms with Gasteiger partial charge in [-0.1, -0.05) is 25.0 Å². The van der Waals surface area contributed by atoms with Gasteiger partial charge in [-0.05, 0) is 70.6 Å². The minimum absolute atomic E-state index is 0.186. The molecular weight excluding hydrogens is 402 g/mol. The molecule has 1 aliphatic carbocycles. The summed E-state index contributed by atoms with van der Waals surface area (Å²) in [7, 11) is 6.50. The summed E-state index contributed by atoms with van der Waals surface area (Å²) in [5.74, 6) is 1.98. The highest BCUT2D eigenvalue weighted by molar-refractivity contribution is 5.67. The minimum atomic E-state index is -0.621. The first-order chi connectivity index (χ1) is 15.0. The summed E-state index contributed by atoms with van der Waals surface area (Å²) in [6, 6.07) is 4.15. The molecule has 178 valence electrons. The van der Waals surface area contributed by atoms with Gasteiger partial charge in [-0.25, -0.2) is 4.79 Å². The average Bonchev–Trinajstić information content (AvgIpc) is 2.66. The number of quaternary nitrogens is 1. The van der Waals surface area contributed by atoms with Crippen LogP contribution < -0.4 is 9.47 Å². The van der Waals surface area contributed by atoms with Crippen LogP contribution in [0.5, 0.6) is 11.5 Å². The standard InChI is InChI=1S/C27H42NO4/c1-8-11-20-17-23(31-26(29)30-15-10-9-14-28(5,6)7)25-21-16-19(2)12-13-22(21)27(3,4)32-24(25)18-20/h16-18,21-22H,8-15H2,1-7H3/q+1. The smallest absolute Gasteiger partial charge is 0.487 e.